The Balaban J connectivity index is 1.64. The van der Waals surface area contributed by atoms with Gasteiger partial charge in [0.1, 0.15) is 17.3 Å². The number of carbonyl (C=O) groups excluding carboxylic acids is 2. The number of aryl methyl sites for hydroxylation is 1. The van der Waals surface area contributed by atoms with Gasteiger partial charge in [-0.25, -0.2) is 4.98 Å². The van der Waals surface area contributed by atoms with Crippen LogP contribution in [0, 0.1) is 5.41 Å². The summed E-state index contributed by atoms with van der Waals surface area (Å²) < 4.78 is 7.35. The van der Waals surface area contributed by atoms with E-state index in [9.17, 15) is 9.59 Å². The van der Waals surface area contributed by atoms with Gasteiger partial charge in [-0.1, -0.05) is 24.6 Å². The lowest BCUT2D eigenvalue weighted by atomic mass is 9.68. The lowest BCUT2D eigenvalue weighted by Gasteiger charge is -2.44. The summed E-state index contributed by atoms with van der Waals surface area (Å²) in [6, 6.07) is 7.38. The molecule has 3 heterocycles. The van der Waals surface area contributed by atoms with Crippen molar-refractivity contribution in [1.29, 1.82) is 0 Å². The maximum Gasteiger partial charge on any atom is 0.237 e. The van der Waals surface area contributed by atoms with Gasteiger partial charge in [0.15, 0.2) is 0 Å². The van der Waals surface area contributed by atoms with Crippen molar-refractivity contribution in [2.24, 2.45) is 12.5 Å². The molecule has 1 aliphatic carbocycles. The highest BCUT2D eigenvalue weighted by molar-refractivity contribution is 6.07. The number of ether oxygens (including phenoxy) is 1. The van der Waals surface area contributed by atoms with Crippen molar-refractivity contribution >= 4 is 17.5 Å². The van der Waals surface area contributed by atoms with Gasteiger partial charge in [-0.15, -0.1) is 0 Å². The number of rotatable bonds is 4. The van der Waals surface area contributed by atoms with Crippen LogP contribution in [0.15, 0.2) is 36.7 Å². The molecule has 0 bridgehead atoms. The molecule has 1 spiro atoms. The SMILES string of the molecule is COCC1(C(=O)N2CC[C@]3(C(=O)Nc4ccccc43)[C@@H]2c2nccn2C)CCC1. The molecule has 2 amide bonds. The molecule has 7 heteroatoms. The number of benzene rings is 1. The number of nitrogens with one attached hydrogen (secondary N) is 1. The molecule has 5 rings (SSSR count). The predicted octanol–water partition coefficient (Wildman–Crippen LogP) is 2.40. The molecule has 2 aliphatic heterocycles. The number of nitrogens with zero attached hydrogens (tertiary/aromatic N) is 3. The highest BCUT2D eigenvalue weighted by atomic mass is 16.5. The molecule has 1 N–H and O–H groups in total. The minimum Gasteiger partial charge on any atom is -0.384 e. The van der Waals surface area contributed by atoms with Crippen LogP contribution >= 0.6 is 0 Å². The molecule has 152 valence electrons. The van der Waals surface area contributed by atoms with Gasteiger partial charge in [0.2, 0.25) is 11.8 Å². The number of hydrogen-bond donors (Lipinski definition) is 1. The monoisotopic (exact) mass is 394 g/mol. The molecular formula is C22H26N4O3. The highest BCUT2D eigenvalue weighted by Gasteiger charge is 2.62. The minimum atomic E-state index is -0.816. The normalized spacial score (nSPS) is 27.0. The van der Waals surface area contributed by atoms with Gasteiger partial charge in [-0.05, 0) is 30.9 Å². The first kappa shape index (κ1) is 18.4. The fourth-order valence-corrected chi connectivity index (χ4v) is 5.51. The van der Waals surface area contributed by atoms with Crippen molar-refractivity contribution in [1.82, 2.24) is 14.5 Å². The number of hydrogen-bond acceptors (Lipinski definition) is 4. The van der Waals surface area contributed by atoms with Crippen LogP contribution in [0.4, 0.5) is 5.69 Å². The van der Waals surface area contributed by atoms with E-state index in [1.807, 2.05) is 47.0 Å². The van der Waals surface area contributed by atoms with Crippen LogP contribution < -0.4 is 5.32 Å². The topological polar surface area (TPSA) is 76.5 Å². The first-order valence-corrected chi connectivity index (χ1v) is 10.2. The number of aromatic nitrogens is 2. The Kier molecular flexibility index (Phi) is 4.07. The number of likely N-dealkylation sites (tertiary alicyclic amines) is 1. The second kappa shape index (κ2) is 6.42. The lowest BCUT2D eigenvalue weighted by Crippen LogP contribution is -2.52. The van der Waals surface area contributed by atoms with Gasteiger partial charge in [0.25, 0.3) is 0 Å². The summed E-state index contributed by atoms with van der Waals surface area (Å²) in [6.07, 6.45) is 6.89. The van der Waals surface area contributed by atoms with Gasteiger partial charge < -0.3 is 19.5 Å². The zero-order valence-electron chi connectivity index (χ0n) is 16.9. The third-order valence-electron chi connectivity index (χ3n) is 7.14. The van der Waals surface area contributed by atoms with Crippen molar-refractivity contribution in [3.8, 4) is 0 Å². The van der Waals surface area contributed by atoms with Gasteiger partial charge in [-0.2, -0.15) is 0 Å². The van der Waals surface area contributed by atoms with Gasteiger partial charge in [0.05, 0.1) is 12.0 Å². The van der Waals surface area contributed by atoms with E-state index in [-0.39, 0.29) is 11.8 Å². The number of imidazole rings is 1. The van der Waals surface area contributed by atoms with E-state index in [1.54, 1.807) is 13.3 Å². The maximum absolute atomic E-state index is 13.8. The fourth-order valence-electron chi connectivity index (χ4n) is 5.51. The quantitative estimate of drug-likeness (QED) is 0.864. The predicted molar refractivity (Wildman–Crippen MR) is 107 cm³/mol. The molecule has 0 radical (unpaired) electrons. The molecule has 0 unspecified atom stereocenters. The van der Waals surface area contributed by atoms with Crippen molar-refractivity contribution < 1.29 is 14.3 Å². The van der Waals surface area contributed by atoms with Crippen LogP contribution in [0.2, 0.25) is 0 Å². The first-order chi connectivity index (χ1) is 14.0. The Labute approximate surface area is 170 Å². The van der Waals surface area contributed by atoms with Crippen LogP contribution in [0.5, 0.6) is 0 Å². The largest absolute Gasteiger partial charge is 0.384 e. The van der Waals surface area contributed by atoms with Crippen molar-refractivity contribution in [2.45, 2.75) is 37.1 Å². The minimum absolute atomic E-state index is 0.0450. The summed E-state index contributed by atoms with van der Waals surface area (Å²) in [4.78, 5) is 33.7. The first-order valence-electron chi connectivity index (χ1n) is 10.2. The third-order valence-corrected chi connectivity index (χ3v) is 7.14. The van der Waals surface area contributed by atoms with Crippen LogP contribution in [-0.2, 0) is 26.8 Å². The second-order valence-corrected chi connectivity index (χ2v) is 8.59. The lowest BCUT2D eigenvalue weighted by molar-refractivity contribution is -0.154. The van der Waals surface area contributed by atoms with E-state index in [0.29, 0.717) is 19.6 Å². The van der Waals surface area contributed by atoms with E-state index < -0.39 is 16.9 Å². The molecule has 2 atom stereocenters. The third kappa shape index (κ3) is 2.37. The van der Waals surface area contributed by atoms with Crippen LogP contribution in [0.3, 0.4) is 0 Å². The Hall–Kier alpha value is -2.67. The Morgan fingerprint density at radius 3 is 2.76 bits per heavy atom. The molecule has 1 saturated heterocycles. The van der Waals surface area contributed by atoms with Crippen molar-refractivity contribution in [3.63, 3.8) is 0 Å². The molecule has 3 aliphatic rings. The van der Waals surface area contributed by atoms with E-state index in [4.69, 9.17) is 4.74 Å². The molecule has 1 saturated carbocycles. The number of methoxy groups -OCH3 is 1. The molecule has 29 heavy (non-hydrogen) atoms. The summed E-state index contributed by atoms with van der Waals surface area (Å²) in [5, 5.41) is 3.05. The Bertz CT molecular complexity index is 980. The average Bonchev–Trinajstić information content (AvgIpc) is 3.35. The molecule has 7 nitrogen and oxygen atoms in total. The van der Waals surface area contributed by atoms with Gasteiger partial charge in [0, 0.05) is 38.8 Å². The standard InChI is InChI=1S/C22H26N4O3/c1-25-13-11-23-18(25)17-22(15-6-3-4-7-16(15)24-19(22)27)10-12-26(17)20(28)21(14-29-2)8-5-9-21/h3-4,6-7,11,13,17H,5,8-10,12,14H2,1-2H3,(H,24,27)/t17-,22+/m0/s1. The smallest absolute Gasteiger partial charge is 0.237 e. The number of carbonyl (C=O) groups is 2. The van der Waals surface area contributed by atoms with Gasteiger partial charge >= 0.3 is 0 Å². The molecule has 1 aromatic carbocycles. The Morgan fingerprint density at radius 1 is 1.31 bits per heavy atom. The maximum atomic E-state index is 13.8. The van der Waals surface area contributed by atoms with Crippen LogP contribution in [0.25, 0.3) is 0 Å². The zero-order chi connectivity index (χ0) is 20.2. The number of amides is 2. The van der Waals surface area contributed by atoms with E-state index in [0.717, 1.165) is 36.3 Å². The number of fused-ring (bicyclic) bond motifs is 2. The van der Waals surface area contributed by atoms with E-state index >= 15 is 0 Å². The average molecular weight is 394 g/mol. The van der Waals surface area contributed by atoms with Gasteiger partial charge in [-0.3, -0.25) is 9.59 Å². The summed E-state index contributed by atoms with van der Waals surface area (Å²) in [7, 11) is 3.57. The summed E-state index contributed by atoms with van der Waals surface area (Å²) in [5.41, 5.74) is 0.505. The molecular weight excluding hydrogens is 368 g/mol. The molecule has 2 aromatic rings. The van der Waals surface area contributed by atoms with Crippen molar-refractivity contribution in [2.75, 3.05) is 25.6 Å². The van der Waals surface area contributed by atoms with E-state index in [1.165, 1.54) is 0 Å². The summed E-state index contributed by atoms with van der Waals surface area (Å²) >= 11 is 0. The number of anilines is 1. The van der Waals surface area contributed by atoms with E-state index in [2.05, 4.69) is 10.3 Å². The van der Waals surface area contributed by atoms with Crippen LogP contribution in [0.1, 0.15) is 43.1 Å². The fraction of sp³-hybridized carbons (Fsp3) is 0.500. The zero-order valence-corrected chi connectivity index (χ0v) is 16.9. The number of para-hydroxylation sites is 1. The highest BCUT2D eigenvalue weighted by Crippen LogP contribution is 2.56. The van der Waals surface area contributed by atoms with Crippen LogP contribution in [-0.4, -0.2) is 46.5 Å². The second-order valence-electron chi connectivity index (χ2n) is 8.59. The molecule has 1 aromatic heterocycles. The van der Waals surface area contributed by atoms with Crippen molar-refractivity contribution in [3.05, 3.63) is 48.0 Å². The molecule has 2 fully saturated rings. The Morgan fingerprint density at radius 2 is 2.10 bits per heavy atom. The summed E-state index contributed by atoms with van der Waals surface area (Å²) in [5.74, 6) is 0.790. The summed E-state index contributed by atoms with van der Waals surface area (Å²) in [6.45, 7) is 0.953.